The highest BCUT2D eigenvalue weighted by Gasteiger charge is 2.49. The number of aromatic amines is 1. The van der Waals surface area contributed by atoms with Crippen LogP contribution in [0.1, 0.15) is 62.3 Å². The summed E-state index contributed by atoms with van der Waals surface area (Å²) in [5.41, 5.74) is 1.35. The minimum Gasteiger partial charge on any atom is -0.392 e. The molecular formula is C25H35N7O3. The Morgan fingerprint density at radius 3 is 2.80 bits per heavy atom. The smallest absolute Gasteiger partial charge is 0.321 e. The molecule has 5 rings (SSSR count). The van der Waals surface area contributed by atoms with Crippen LogP contribution in [-0.2, 0) is 12.1 Å². The van der Waals surface area contributed by atoms with Gasteiger partial charge < -0.3 is 20.2 Å². The Kier molecular flexibility index (Phi) is 6.04. The number of fused-ring (bicyclic) bond motifs is 2. The van der Waals surface area contributed by atoms with Crippen molar-refractivity contribution in [2.75, 3.05) is 25.0 Å². The zero-order chi connectivity index (χ0) is 24.9. The number of hydrogen-bond donors (Lipinski definition) is 3. The van der Waals surface area contributed by atoms with Crippen molar-refractivity contribution in [3.63, 3.8) is 0 Å². The molecule has 0 spiro atoms. The van der Waals surface area contributed by atoms with Crippen LogP contribution >= 0.6 is 0 Å². The third-order valence-electron chi connectivity index (χ3n) is 8.11. The molecule has 0 bridgehead atoms. The van der Waals surface area contributed by atoms with E-state index in [2.05, 4.69) is 39.2 Å². The molecule has 35 heavy (non-hydrogen) atoms. The van der Waals surface area contributed by atoms with Gasteiger partial charge in [0.2, 0.25) is 0 Å². The van der Waals surface area contributed by atoms with Crippen LogP contribution in [0.5, 0.6) is 0 Å². The summed E-state index contributed by atoms with van der Waals surface area (Å²) in [5.74, 6) is 0.438. The van der Waals surface area contributed by atoms with Crippen molar-refractivity contribution in [2.45, 2.75) is 70.8 Å². The highest BCUT2D eigenvalue weighted by atomic mass is 16.3. The topological polar surface area (TPSA) is 118 Å². The number of anilines is 1. The van der Waals surface area contributed by atoms with E-state index in [0.29, 0.717) is 43.5 Å². The van der Waals surface area contributed by atoms with Crippen molar-refractivity contribution in [1.29, 1.82) is 0 Å². The minimum absolute atomic E-state index is 0.00653. The van der Waals surface area contributed by atoms with Crippen molar-refractivity contribution in [1.82, 2.24) is 29.9 Å². The van der Waals surface area contributed by atoms with Gasteiger partial charge in [0.05, 0.1) is 23.9 Å². The van der Waals surface area contributed by atoms with Gasteiger partial charge in [-0.15, -0.1) is 0 Å². The molecule has 2 aromatic heterocycles. The summed E-state index contributed by atoms with van der Waals surface area (Å²) in [4.78, 5) is 37.1. The fourth-order valence-electron chi connectivity index (χ4n) is 5.80. The molecule has 2 fully saturated rings. The molecule has 0 saturated carbocycles. The van der Waals surface area contributed by atoms with Crippen LogP contribution in [-0.4, -0.2) is 84.7 Å². The van der Waals surface area contributed by atoms with Crippen LogP contribution in [0.4, 0.5) is 10.6 Å². The number of nitrogens with one attached hydrogen (secondary N) is 2. The van der Waals surface area contributed by atoms with Gasteiger partial charge in [-0.1, -0.05) is 26.3 Å². The lowest BCUT2D eigenvalue weighted by Crippen LogP contribution is -2.63. The van der Waals surface area contributed by atoms with E-state index in [0.717, 1.165) is 24.2 Å². The molecule has 3 aliphatic heterocycles. The Labute approximate surface area is 205 Å². The van der Waals surface area contributed by atoms with E-state index in [1.165, 1.54) is 0 Å². The zero-order valence-corrected chi connectivity index (χ0v) is 20.9. The molecule has 0 aliphatic carbocycles. The molecule has 10 nitrogen and oxygen atoms in total. The van der Waals surface area contributed by atoms with Crippen molar-refractivity contribution in [3.8, 4) is 0 Å². The number of carbonyl (C=O) groups excluding carboxylic acids is 2. The van der Waals surface area contributed by atoms with Crippen molar-refractivity contribution in [3.05, 3.63) is 41.3 Å². The lowest BCUT2D eigenvalue weighted by atomic mass is 9.93. The van der Waals surface area contributed by atoms with Crippen LogP contribution < -0.4 is 5.32 Å². The van der Waals surface area contributed by atoms with Gasteiger partial charge in [-0.25, -0.2) is 4.79 Å². The maximum Gasteiger partial charge on any atom is 0.321 e. The van der Waals surface area contributed by atoms with Gasteiger partial charge in [0.15, 0.2) is 5.82 Å². The first-order chi connectivity index (χ1) is 16.7. The second-order valence-corrected chi connectivity index (χ2v) is 10.6. The average Bonchev–Trinajstić information content (AvgIpc) is 3.50. The number of amides is 3. The van der Waals surface area contributed by atoms with Crippen LogP contribution in [0, 0.1) is 5.92 Å². The number of pyridine rings is 1. The second-order valence-electron chi connectivity index (χ2n) is 10.6. The molecule has 3 N–H and O–H groups in total. The van der Waals surface area contributed by atoms with E-state index in [9.17, 15) is 14.7 Å². The molecular weight excluding hydrogens is 446 g/mol. The fourth-order valence-corrected chi connectivity index (χ4v) is 5.80. The van der Waals surface area contributed by atoms with E-state index in [1.54, 1.807) is 24.4 Å². The summed E-state index contributed by atoms with van der Waals surface area (Å²) in [6.07, 6.45) is 2.93. The maximum absolute atomic E-state index is 14.1. The van der Waals surface area contributed by atoms with Gasteiger partial charge in [0, 0.05) is 43.5 Å². The lowest BCUT2D eigenvalue weighted by molar-refractivity contribution is 0.0213. The number of piperazine rings is 1. The Morgan fingerprint density at radius 1 is 1.29 bits per heavy atom. The normalized spacial score (nSPS) is 26.4. The zero-order valence-electron chi connectivity index (χ0n) is 20.9. The molecule has 2 unspecified atom stereocenters. The Bertz CT molecular complexity index is 1100. The SMILES string of the molecule is CCC(C)C1CN2C[C@H](O)C[C@H]2CN1C(=O)N1Cc2c(NC(=O)c3ccccn3)n[nH]c2C1(C)C. The maximum atomic E-state index is 14.1. The first-order valence-electron chi connectivity index (χ1n) is 12.5. The average molecular weight is 482 g/mol. The number of aliphatic hydroxyl groups excluding tert-OH is 1. The Morgan fingerprint density at radius 2 is 2.09 bits per heavy atom. The van der Waals surface area contributed by atoms with Gasteiger partial charge in [-0.05, 0) is 38.3 Å². The quantitative estimate of drug-likeness (QED) is 0.617. The molecule has 0 radical (unpaired) electrons. The number of H-pyrrole nitrogens is 1. The second kappa shape index (κ2) is 8.91. The van der Waals surface area contributed by atoms with Gasteiger partial charge in [-0.2, -0.15) is 5.10 Å². The third kappa shape index (κ3) is 4.08. The molecule has 2 aromatic rings. The molecule has 2 saturated heterocycles. The Hall–Kier alpha value is -2.98. The minimum atomic E-state index is -0.611. The highest BCUT2D eigenvalue weighted by Crippen LogP contribution is 2.42. The number of hydrogen-bond acceptors (Lipinski definition) is 6. The summed E-state index contributed by atoms with van der Waals surface area (Å²) >= 11 is 0. The summed E-state index contributed by atoms with van der Waals surface area (Å²) in [6, 6.07) is 5.44. The van der Waals surface area contributed by atoms with Crippen LogP contribution in [0.2, 0.25) is 0 Å². The van der Waals surface area contributed by atoms with Crippen LogP contribution in [0.3, 0.4) is 0 Å². The fraction of sp³-hybridized carbons (Fsp3) is 0.600. The summed E-state index contributed by atoms with van der Waals surface area (Å²) in [7, 11) is 0. The van der Waals surface area contributed by atoms with E-state index in [-0.39, 0.29) is 30.1 Å². The number of rotatable bonds is 4. The largest absolute Gasteiger partial charge is 0.392 e. The van der Waals surface area contributed by atoms with E-state index in [1.807, 2.05) is 23.6 Å². The van der Waals surface area contributed by atoms with Gasteiger partial charge >= 0.3 is 6.03 Å². The predicted octanol–water partition coefficient (Wildman–Crippen LogP) is 2.39. The number of urea groups is 1. The molecule has 188 valence electrons. The lowest BCUT2D eigenvalue weighted by Gasteiger charge is -2.48. The number of aliphatic hydroxyl groups is 1. The highest BCUT2D eigenvalue weighted by molar-refractivity contribution is 6.02. The summed E-state index contributed by atoms with van der Waals surface area (Å²) < 4.78 is 0. The molecule has 3 aliphatic rings. The molecule has 4 atom stereocenters. The number of aromatic nitrogens is 3. The predicted molar refractivity (Wildman–Crippen MR) is 131 cm³/mol. The Balaban J connectivity index is 1.38. The molecule has 3 amide bonds. The van der Waals surface area contributed by atoms with Crippen LogP contribution in [0.15, 0.2) is 24.4 Å². The van der Waals surface area contributed by atoms with Gasteiger partial charge in [0.1, 0.15) is 5.69 Å². The molecule has 0 aromatic carbocycles. The monoisotopic (exact) mass is 481 g/mol. The van der Waals surface area contributed by atoms with E-state index >= 15 is 0 Å². The van der Waals surface area contributed by atoms with Crippen LogP contribution in [0.25, 0.3) is 0 Å². The van der Waals surface area contributed by atoms with E-state index < -0.39 is 5.54 Å². The van der Waals surface area contributed by atoms with Gasteiger partial charge in [-0.3, -0.25) is 19.8 Å². The van der Waals surface area contributed by atoms with E-state index in [4.69, 9.17) is 0 Å². The van der Waals surface area contributed by atoms with Gasteiger partial charge in [0.25, 0.3) is 5.91 Å². The van der Waals surface area contributed by atoms with Crippen molar-refractivity contribution < 1.29 is 14.7 Å². The van der Waals surface area contributed by atoms with Crippen molar-refractivity contribution >= 4 is 17.8 Å². The number of nitrogens with zero attached hydrogens (tertiary/aromatic N) is 5. The summed E-state index contributed by atoms with van der Waals surface area (Å²) in [5, 5.41) is 20.5. The molecule has 10 heteroatoms. The standard InChI is InChI=1S/C25H35N7O3/c1-5-15(2)20-14-30-12-17(33)10-16(30)11-31(20)24(35)32-13-18-21(25(32,3)4)28-29-22(18)27-23(34)19-8-6-7-9-26-19/h6-9,15-17,20,33H,5,10-14H2,1-4H3,(H2,27,28,29,34)/t15?,16-,17+,20?/m0/s1. The first-order valence-corrected chi connectivity index (χ1v) is 12.5. The third-order valence-corrected chi connectivity index (χ3v) is 8.11. The summed E-state index contributed by atoms with van der Waals surface area (Å²) in [6.45, 7) is 10.8. The first kappa shape index (κ1) is 23.7. The molecule has 5 heterocycles. The van der Waals surface area contributed by atoms with Crippen molar-refractivity contribution in [2.24, 2.45) is 5.92 Å². The number of carbonyl (C=O) groups is 2.